The van der Waals surface area contributed by atoms with Gasteiger partial charge in [0.15, 0.2) is 0 Å². The molecule has 0 unspecified atom stereocenters. The molecule has 0 spiro atoms. The van der Waals surface area contributed by atoms with Crippen LogP contribution < -0.4 is 0 Å². The van der Waals surface area contributed by atoms with Crippen LogP contribution in [0.1, 0.15) is 0 Å². The third-order valence-electron chi connectivity index (χ3n) is 1.60. The van der Waals surface area contributed by atoms with Gasteiger partial charge in [0.25, 0.3) is 0 Å². The first kappa shape index (κ1) is 7.14. The molecule has 2 aromatic heterocycles. The van der Waals surface area contributed by atoms with Crippen LogP contribution in [0.4, 0.5) is 5.69 Å². The first-order valence-electron chi connectivity index (χ1n) is 3.32. The maximum Gasteiger partial charge on any atom is 0.227 e. The normalized spacial score (nSPS) is 10.0. The van der Waals surface area contributed by atoms with E-state index in [1.807, 2.05) is 12.1 Å². The zero-order valence-electron chi connectivity index (χ0n) is 6.03. The Morgan fingerprint density at radius 3 is 3.17 bits per heavy atom. The fraction of sp³-hybridized carbons (Fsp3) is 0. The number of hydrogen-bond donors (Lipinski definition) is 0. The molecule has 2 aromatic rings. The highest BCUT2D eigenvalue weighted by Crippen LogP contribution is 2.27. The van der Waals surface area contributed by atoms with Crippen molar-refractivity contribution in [3.8, 4) is 0 Å². The maximum absolute atomic E-state index is 6.80. The molecule has 0 aliphatic rings. The van der Waals surface area contributed by atoms with E-state index in [0.29, 0.717) is 10.7 Å². The Hall–Kier alpha value is -1.53. The van der Waals surface area contributed by atoms with Crippen molar-refractivity contribution in [3.63, 3.8) is 0 Å². The molecule has 0 aliphatic heterocycles. The smallest absolute Gasteiger partial charge is 0.227 e. The van der Waals surface area contributed by atoms with E-state index in [9.17, 15) is 0 Å². The molecule has 12 heavy (non-hydrogen) atoms. The van der Waals surface area contributed by atoms with Crippen LogP contribution in [0.2, 0.25) is 5.02 Å². The van der Waals surface area contributed by atoms with Gasteiger partial charge in [0.2, 0.25) is 5.69 Å². The highest BCUT2D eigenvalue weighted by Gasteiger charge is 2.04. The number of rotatable bonds is 0. The highest BCUT2D eigenvalue weighted by molar-refractivity contribution is 6.36. The van der Waals surface area contributed by atoms with E-state index in [2.05, 4.69) is 9.94 Å². The molecular weight excluding hydrogens is 174 g/mol. The molecule has 0 aliphatic carbocycles. The van der Waals surface area contributed by atoms with Gasteiger partial charge in [-0.2, -0.15) is 5.10 Å². The second-order valence-corrected chi connectivity index (χ2v) is 2.67. The lowest BCUT2D eigenvalue weighted by Crippen LogP contribution is -1.87. The van der Waals surface area contributed by atoms with E-state index in [1.54, 1.807) is 10.7 Å². The first-order valence-corrected chi connectivity index (χ1v) is 3.70. The second kappa shape index (κ2) is 2.50. The number of fused-ring (bicyclic) bond motifs is 1. The van der Waals surface area contributed by atoms with E-state index >= 15 is 0 Å². The SMILES string of the molecule is [C-]#[N+]c1cnn2cccc2c1Cl. The topological polar surface area (TPSA) is 21.7 Å². The van der Waals surface area contributed by atoms with Gasteiger partial charge in [0.05, 0.1) is 23.3 Å². The standard InChI is InChI=1S/C8H4ClN3/c1-10-6-5-11-12-4-2-3-7(12)8(6)9/h2-5H. The van der Waals surface area contributed by atoms with Crippen LogP contribution in [0.3, 0.4) is 0 Å². The van der Waals surface area contributed by atoms with Gasteiger partial charge in [0.1, 0.15) is 0 Å². The summed E-state index contributed by atoms with van der Waals surface area (Å²) in [5.41, 5.74) is 1.16. The zero-order chi connectivity index (χ0) is 8.55. The van der Waals surface area contributed by atoms with Gasteiger partial charge < -0.3 is 0 Å². The predicted molar refractivity (Wildman–Crippen MR) is 46.5 cm³/mol. The minimum Gasteiger partial charge on any atom is -0.242 e. The van der Waals surface area contributed by atoms with Crippen molar-refractivity contribution in [2.24, 2.45) is 0 Å². The van der Waals surface area contributed by atoms with Gasteiger partial charge in [-0.3, -0.25) is 0 Å². The maximum atomic E-state index is 6.80. The summed E-state index contributed by atoms with van der Waals surface area (Å²) in [5.74, 6) is 0. The average Bonchev–Trinajstić information content (AvgIpc) is 2.53. The van der Waals surface area contributed by atoms with Crippen molar-refractivity contribution in [3.05, 3.63) is 41.0 Å². The molecule has 0 saturated carbocycles. The molecular formula is C8H4ClN3. The van der Waals surface area contributed by atoms with Crippen LogP contribution in [0, 0.1) is 6.57 Å². The van der Waals surface area contributed by atoms with Gasteiger partial charge in [-0.15, -0.1) is 0 Å². The summed E-state index contributed by atoms with van der Waals surface area (Å²) >= 11 is 5.91. The molecule has 0 N–H and O–H groups in total. The molecule has 2 heterocycles. The Labute approximate surface area is 74.0 Å². The Morgan fingerprint density at radius 1 is 1.58 bits per heavy atom. The summed E-state index contributed by atoms with van der Waals surface area (Å²) in [7, 11) is 0. The summed E-state index contributed by atoms with van der Waals surface area (Å²) in [6, 6.07) is 3.66. The molecule has 2 rings (SSSR count). The number of nitrogens with zero attached hydrogens (tertiary/aromatic N) is 3. The lowest BCUT2D eigenvalue weighted by molar-refractivity contribution is 0.945. The third kappa shape index (κ3) is 0.858. The van der Waals surface area contributed by atoms with Crippen LogP contribution in [-0.2, 0) is 0 Å². The van der Waals surface area contributed by atoms with Crippen molar-refractivity contribution in [1.29, 1.82) is 0 Å². The molecule has 0 radical (unpaired) electrons. The van der Waals surface area contributed by atoms with E-state index in [1.165, 1.54) is 6.20 Å². The predicted octanol–water partition coefficient (Wildman–Crippen LogP) is 2.54. The Balaban J connectivity index is 2.89. The van der Waals surface area contributed by atoms with Gasteiger partial charge in [-0.1, -0.05) is 11.6 Å². The molecule has 4 heteroatoms. The van der Waals surface area contributed by atoms with E-state index in [4.69, 9.17) is 18.2 Å². The summed E-state index contributed by atoms with van der Waals surface area (Å²) in [6.45, 7) is 6.80. The van der Waals surface area contributed by atoms with Crippen molar-refractivity contribution >= 4 is 22.8 Å². The van der Waals surface area contributed by atoms with E-state index < -0.39 is 0 Å². The monoisotopic (exact) mass is 177 g/mol. The lowest BCUT2D eigenvalue weighted by atomic mass is 10.4. The van der Waals surface area contributed by atoms with E-state index in [-0.39, 0.29) is 0 Å². The summed E-state index contributed by atoms with van der Waals surface area (Å²) < 4.78 is 1.64. The van der Waals surface area contributed by atoms with Crippen molar-refractivity contribution < 1.29 is 0 Å². The van der Waals surface area contributed by atoms with Crippen LogP contribution in [-0.4, -0.2) is 9.61 Å². The molecule has 0 aromatic carbocycles. The number of hydrogen-bond acceptors (Lipinski definition) is 1. The van der Waals surface area contributed by atoms with Crippen LogP contribution in [0.15, 0.2) is 24.5 Å². The first-order chi connectivity index (χ1) is 5.83. The van der Waals surface area contributed by atoms with Gasteiger partial charge >= 0.3 is 0 Å². The second-order valence-electron chi connectivity index (χ2n) is 2.29. The molecule has 0 amide bonds. The largest absolute Gasteiger partial charge is 0.242 e. The van der Waals surface area contributed by atoms with Gasteiger partial charge in [-0.05, 0) is 12.1 Å². The summed E-state index contributed by atoms with van der Waals surface area (Å²) in [5, 5.41) is 4.45. The molecule has 0 atom stereocenters. The average molecular weight is 178 g/mol. The molecule has 3 nitrogen and oxygen atoms in total. The van der Waals surface area contributed by atoms with E-state index in [0.717, 1.165) is 5.52 Å². The van der Waals surface area contributed by atoms with Crippen molar-refractivity contribution in [2.45, 2.75) is 0 Å². The minimum atomic E-state index is 0.392. The number of aromatic nitrogens is 2. The number of halogens is 1. The fourth-order valence-corrected chi connectivity index (χ4v) is 1.27. The fourth-order valence-electron chi connectivity index (χ4n) is 1.03. The quantitative estimate of drug-likeness (QED) is 0.567. The Morgan fingerprint density at radius 2 is 2.42 bits per heavy atom. The molecule has 0 saturated heterocycles. The van der Waals surface area contributed by atoms with Crippen LogP contribution >= 0.6 is 11.6 Å². The zero-order valence-corrected chi connectivity index (χ0v) is 6.78. The minimum absolute atomic E-state index is 0.392. The molecule has 0 bridgehead atoms. The van der Waals surface area contributed by atoms with Gasteiger partial charge in [0, 0.05) is 6.20 Å². The van der Waals surface area contributed by atoms with Crippen molar-refractivity contribution in [1.82, 2.24) is 9.61 Å². The molecule has 0 fully saturated rings. The highest BCUT2D eigenvalue weighted by atomic mass is 35.5. The third-order valence-corrected chi connectivity index (χ3v) is 1.99. The van der Waals surface area contributed by atoms with Crippen LogP contribution in [0.5, 0.6) is 0 Å². The summed E-state index contributed by atoms with van der Waals surface area (Å²) in [4.78, 5) is 3.24. The Bertz CT molecular complexity index is 467. The van der Waals surface area contributed by atoms with Crippen molar-refractivity contribution in [2.75, 3.05) is 0 Å². The lowest BCUT2D eigenvalue weighted by Gasteiger charge is -1.97. The van der Waals surface area contributed by atoms with Gasteiger partial charge in [-0.25, -0.2) is 9.36 Å². The Kier molecular flexibility index (Phi) is 1.49. The summed E-state index contributed by atoms with van der Waals surface area (Å²) in [6.07, 6.45) is 3.25. The van der Waals surface area contributed by atoms with Crippen LogP contribution in [0.25, 0.3) is 10.4 Å². The molecule has 58 valence electrons.